The van der Waals surface area contributed by atoms with Gasteiger partial charge in [0.2, 0.25) is 0 Å². The Labute approximate surface area is 141 Å². The van der Waals surface area contributed by atoms with Crippen LogP contribution >= 0.6 is 0 Å². The molecule has 25 heavy (non-hydrogen) atoms. The van der Waals surface area contributed by atoms with Crippen LogP contribution in [0.3, 0.4) is 0 Å². The first-order valence-corrected chi connectivity index (χ1v) is 7.57. The Morgan fingerprint density at radius 1 is 1.00 bits per heavy atom. The minimum absolute atomic E-state index is 0.0673. The Kier molecular flexibility index (Phi) is 4.74. The molecule has 0 bridgehead atoms. The maximum absolute atomic E-state index is 13.4. The van der Waals surface area contributed by atoms with Crippen LogP contribution < -0.4 is 5.32 Å². The van der Waals surface area contributed by atoms with Crippen molar-refractivity contribution in [2.24, 2.45) is 0 Å². The zero-order valence-corrected chi connectivity index (χ0v) is 13.1. The van der Waals surface area contributed by atoms with Crippen molar-refractivity contribution in [2.45, 2.75) is 19.3 Å². The predicted molar refractivity (Wildman–Crippen MR) is 86.5 cm³/mol. The third-order valence-corrected chi connectivity index (χ3v) is 3.60. The zero-order chi connectivity index (χ0) is 17.9. The normalized spacial score (nSPS) is 11.5. The largest absolute Gasteiger partial charge is 0.416 e. The van der Waals surface area contributed by atoms with Gasteiger partial charge in [0.1, 0.15) is 5.82 Å². The van der Waals surface area contributed by atoms with Gasteiger partial charge in [0.15, 0.2) is 0 Å². The van der Waals surface area contributed by atoms with Gasteiger partial charge < -0.3 is 5.32 Å². The van der Waals surface area contributed by atoms with Crippen LogP contribution in [-0.4, -0.2) is 9.78 Å². The minimum atomic E-state index is -4.57. The zero-order valence-electron chi connectivity index (χ0n) is 13.1. The number of nitrogens with one attached hydrogen (secondary N) is 1. The van der Waals surface area contributed by atoms with Gasteiger partial charge in [-0.05, 0) is 29.3 Å². The van der Waals surface area contributed by atoms with Crippen molar-refractivity contribution in [1.82, 2.24) is 9.78 Å². The lowest BCUT2D eigenvalue weighted by atomic mass is 10.1. The molecular weight excluding hydrogens is 334 g/mol. The summed E-state index contributed by atoms with van der Waals surface area (Å²) < 4.78 is 53.3. The number of benzene rings is 2. The highest BCUT2D eigenvalue weighted by Gasteiger charge is 2.31. The van der Waals surface area contributed by atoms with Gasteiger partial charge >= 0.3 is 6.18 Å². The summed E-state index contributed by atoms with van der Waals surface area (Å²) in [4.78, 5) is 0. The summed E-state index contributed by atoms with van der Waals surface area (Å²) in [5, 5.41) is 7.15. The summed E-state index contributed by atoms with van der Waals surface area (Å²) in [7, 11) is 0. The Morgan fingerprint density at radius 3 is 2.48 bits per heavy atom. The molecule has 130 valence electrons. The lowest BCUT2D eigenvalue weighted by Crippen LogP contribution is -2.08. The first-order chi connectivity index (χ1) is 11.9. The highest BCUT2D eigenvalue weighted by molar-refractivity contribution is 5.40. The monoisotopic (exact) mass is 349 g/mol. The van der Waals surface area contributed by atoms with Crippen LogP contribution in [-0.2, 0) is 19.3 Å². The molecule has 1 aromatic heterocycles. The van der Waals surface area contributed by atoms with Crippen molar-refractivity contribution < 1.29 is 17.6 Å². The van der Waals surface area contributed by atoms with Crippen molar-refractivity contribution in [1.29, 1.82) is 0 Å². The van der Waals surface area contributed by atoms with Crippen LogP contribution in [0.25, 0.3) is 0 Å². The number of aromatic nitrogens is 2. The number of rotatable bonds is 5. The smallest absolute Gasteiger partial charge is 0.378 e. The van der Waals surface area contributed by atoms with Crippen LogP contribution in [0.1, 0.15) is 16.7 Å². The number of alkyl halides is 3. The average Bonchev–Trinajstić information content (AvgIpc) is 3.00. The SMILES string of the molecule is Fc1cc(CNc2cnn(Cc3ccccc3)c2)cc(C(F)(F)F)c1. The molecule has 0 aliphatic carbocycles. The van der Waals surface area contributed by atoms with Gasteiger partial charge in [-0.3, -0.25) is 4.68 Å². The van der Waals surface area contributed by atoms with Gasteiger partial charge in [0.05, 0.1) is 24.0 Å². The first kappa shape index (κ1) is 17.0. The minimum Gasteiger partial charge on any atom is -0.378 e. The fraction of sp³-hybridized carbons (Fsp3) is 0.167. The van der Waals surface area contributed by atoms with Crippen molar-refractivity contribution in [3.05, 3.63) is 83.4 Å². The molecule has 1 heterocycles. The number of nitrogens with zero attached hydrogens (tertiary/aromatic N) is 2. The quantitative estimate of drug-likeness (QED) is 0.677. The maximum atomic E-state index is 13.4. The van der Waals surface area contributed by atoms with Crippen molar-refractivity contribution >= 4 is 5.69 Å². The molecule has 0 atom stereocenters. The third-order valence-electron chi connectivity index (χ3n) is 3.60. The molecule has 0 aliphatic heterocycles. The summed E-state index contributed by atoms with van der Waals surface area (Å²) >= 11 is 0. The molecule has 3 rings (SSSR count). The van der Waals surface area contributed by atoms with Gasteiger partial charge in [0.25, 0.3) is 0 Å². The van der Waals surface area contributed by atoms with E-state index in [-0.39, 0.29) is 12.1 Å². The molecule has 0 radical (unpaired) electrons. The van der Waals surface area contributed by atoms with E-state index in [0.29, 0.717) is 18.3 Å². The van der Waals surface area contributed by atoms with Crippen LogP contribution in [0.5, 0.6) is 0 Å². The first-order valence-electron chi connectivity index (χ1n) is 7.57. The standard InChI is InChI=1S/C18H15F4N3/c19-16-7-14(6-15(8-16)18(20,21)22)9-23-17-10-24-25(12-17)11-13-4-2-1-3-5-13/h1-8,10,12,23H,9,11H2. The lowest BCUT2D eigenvalue weighted by molar-refractivity contribution is -0.137. The Bertz CT molecular complexity index is 841. The maximum Gasteiger partial charge on any atom is 0.416 e. The molecule has 3 aromatic rings. The highest BCUT2D eigenvalue weighted by atomic mass is 19.4. The highest BCUT2D eigenvalue weighted by Crippen LogP contribution is 2.30. The van der Waals surface area contributed by atoms with E-state index in [4.69, 9.17) is 0 Å². The molecule has 0 saturated carbocycles. The molecule has 0 unspecified atom stereocenters. The molecule has 2 aromatic carbocycles. The average molecular weight is 349 g/mol. The molecule has 3 nitrogen and oxygen atoms in total. The fourth-order valence-electron chi connectivity index (χ4n) is 2.43. The predicted octanol–water partition coefficient (Wildman–Crippen LogP) is 4.70. The number of hydrogen-bond donors (Lipinski definition) is 1. The van der Waals surface area contributed by atoms with Crippen molar-refractivity contribution in [3.63, 3.8) is 0 Å². The number of anilines is 1. The number of hydrogen-bond acceptors (Lipinski definition) is 2. The van der Waals surface area contributed by atoms with Crippen LogP contribution in [0, 0.1) is 5.82 Å². The summed E-state index contributed by atoms with van der Waals surface area (Å²) in [6, 6.07) is 12.2. The molecule has 0 fully saturated rings. The second-order valence-corrected chi connectivity index (χ2v) is 5.61. The van der Waals surface area contributed by atoms with Crippen molar-refractivity contribution in [2.75, 3.05) is 5.32 Å². The van der Waals surface area contributed by atoms with Gasteiger partial charge in [-0.25, -0.2) is 4.39 Å². The van der Waals surface area contributed by atoms with Crippen LogP contribution in [0.15, 0.2) is 60.9 Å². The Balaban J connectivity index is 1.65. The molecule has 0 spiro atoms. The third kappa shape index (κ3) is 4.59. The second-order valence-electron chi connectivity index (χ2n) is 5.61. The molecule has 1 N–H and O–H groups in total. The van der Waals surface area contributed by atoms with E-state index in [9.17, 15) is 17.6 Å². The van der Waals surface area contributed by atoms with E-state index in [0.717, 1.165) is 17.7 Å². The van der Waals surface area contributed by atoms with Gasteiger partial charge in [-0.2, -0.15) is 18.3 Å². The van der Waals surface area contributed by atoms with E-state index in [1.54, 1.807) is 17.1 Å². The molecule has 0 amide bonds. The number of halogens is 4. The van der Waals surface area contributed by atoms with Gasteiger partial charge in [0, 0.05) is 12.7 Å². The Hall–Kier alpha value is -2.83. The Morgan fingerprint density at radius 2 is 1.76 bits per heavy atom. The molecular formula is C18H15F4N3. The van der Waals surface area contributed by atoms with Crippen LogP contribution in [0.2, 0.25) is 0 Å². The summed E-state index contributed by atoms with van der Waals surface area (Å²) in [6.07, 6.45) is -1.25. The van der Waals surface area contributed by atoms with Crippen molar-refractivity contribution in [3.8, 4) is 0 Å². The van der Waals surface area contributed by atoms with E-state index < -0.39 is 17.6 Å². The summed E-state index contributed by atoms with van der Waals surface area (Å²) in [5.41, 5.74) is 0.943. The van der Waals surface area contributed by atoms with Crippen LogP contribution in [0.4, 0.5) is 23.2 Å². The lowest BCUT2D eigenvalue weighted by Gasteiger charge is -2.10. The van der Waals surface area contributed by atoms with E-state index in [1.807, 2.05) is 30.3 Å². The summed E-state index contributed by atoms with van der Waals surface area (Å²) in [5.74, 6) is -0.911. The molecule has 0 aliphatic rings. The summed E-state index contributed by atoms with van der Waals surface area (Å²) in [6.45, 7) is 0.651. The van der Waals surface area contributed by atoms with E-state index in [1.165, 1.54) is 0 Å². The molecule has 7 heteroatoms. The van der Waals surface area contributed by atoms with E-state index in [2.05, 4.69) is 10.4 Å². The van der Waals surface area contributed by atoms with Gasteiger partial charge in [-0.15, -0.1) is 0 Å². The van der Waals surface area contributed by atoms with E-state index >= 15 is 0 Å². The topological polar surface area (TPSA) is 29.9 Å². The second kappa shape index (κ2) is 6.96. The van der Waals surface area contributed by atoms with Gasteiger partial charge in [-0.1, -0.05) is 30.3 Å². The molecule has 0 saturated heterocycles. The fourth-order valence-corrected chi connectivity index (χ4v) is 2.43.